The monoisotopic (exact) mass is 660 g/mol. The van der Waals surface area contributed by atoms with Gasteiger partial charge in [-0.2, -0.15) is 0 Å². The fraction of sp³-hybridized carbons (Fsp3) is 0.538. The molecule has 42 heavy (non-hydrogen) atoms. The summed E-state index contributed by atoms with van der Waals surface area (Å²) in [6.07, 6.45) is 28.8. The summed E-state index contributed by atoms with van der Waals surface area (Å²) >= 11 is 0. The van der Waals surface area contributed by atoms with E-state index < -0.39 is 0 Å². The van der Waals surface area contributed by atoms with Crippen LogP contribution in [0.15, 0.2) is 82.8 Å². The molecule has 0 aromatic heterocycles. The number of aryl methyl sites for hydroxylation is 2. The molecule has 0 unspecified atom stereocenters. The number of benzene rings is 2. The summed E-state index contributed by atoms with van der Waals surface area (Å²) in [4.78, 5) is 10.8. The largest absolute Gasteiger partial charge is 0.251 e. The standard InChI is InChI=1S/C39H58N2.Pd/c1-5-9-13-15-17-20-26-34-28-22-24-31-36(34)40-38(30-12-8-4)39(33-19-11-7-3)41-37-32-25-23-29-35(37)27-21-18-16-14-10-6-2;/h13-16,22-25,28-29,31-32H,5-12,17-21,26-27,30,33H2,1-4H3;. The van der Waals surface area contributed by atoms with Gasteiger partial charge in [-0.3, -0.25) is 9.98 Å². The van der Waals surface area contributed by atoms with Crippen LogP contribution in [0.2, 0.25) is 0 Å². The number of nitrogens with zero attached hydrogens (tertiary/aromatic N) is 2. The molecule has 0 spiro atoms. The summed E-state index contributed by atoms with van der Waals surface area (Å²) in [5.41, 5.74) is 7.36. The Morgan fingerprint density at radius 3 is 1.38 bits per heavy atom. The fourth-order valence-electron chi connectivity index (χ4n) is 4.99. The molecule has 0 radical (unpaired) electrons. The van der Waals surface area contributed by atoms with E-state index in [9.17, 15) is 0 Å². The molecule has 0 atom stereocenters. The molecule has 0 bridgehead atoms. The van der Waals surface area contributed by atoms with Crippen molar-refractivity contribution < 1.29 is 20.4 Å². The predicted octanol–water partition coefficient (Wildman–Crippen LogP) is 12.7. The van der Waals surface area contributed by atoms with Gasteiger partial charge < -0.3 is 0 Å². The third-order valence-electron chi connectivity index (χ3n) is 7.49. The van der Waals surface area contributed by atoms with E-state index in [0.717, 1.165) is 82.0 Å². The van der Waals surface area contributed by atoms with E-state index in [1.165, 1.54) is 61.1 Å². The van der Waals surface area contributed by atoms with Crippen LogP contribution in [0.1, 0.15) is 135 Å². The second-order valence-corrected chi connectivity index (χ2v) is 11.2. The molecule has 0 fully saturated rings. The zero-order valence-electron chi connectivity index (χ0n) is 27.2. The van der Waals surface area contributed by atoms with Crippen molar-refractivity contribution >= 4 is 22.8 Å². The first-order chi connectivity index (χ1) is 20.2. The van der Waals surface area contributed by atoms with Gasteiger partial charge in [0.1, 0.15) is 0 Å². The maximum Gasteiger partial charge on any atom is 0.0665 e. The molecule has 0 aliphatic heterocycles. The van der Waals surface area contributed by atoms with Crippen LogP contribution in [0.3, 0.4) is 0 Å². The SMILES string of the molecule is CCCC=CCCCc1ccccc1N=C(CCCC)C(CCCCC)=Nc1ccccc1CCCC=CCCC.[Pd]. The van der Waals surface area contributed by atoms with Crippen molar-refractivity contribution in [2.24, 2.45) is 9.98 Å². The maximum atomic E-state index is 5.40. The molecular weight excluding hydrogens is 603 g/mol. The van der Waals surface area contributed by atoms with Crippen LogP contribution in [0.25, 0.3) is 0 Å². The van der Waals surface area contributed by atoms with Gasteiger partial charge in [0.2, 0.25) is 0 Å². The minimum atomic E-state index is 0. The average molecular weight is 661 g/mol. The molecule has 3 heteroatoms. The molecule has 2 nitrogen and oxygen atoms in total. The summed E-state index contributed by atoms with van der Waals surface area (Å²) in [6.45, 7) is 9.03. The van der Waals surface area contributed by atoms with Crippen molar-refractivity contribution in [1.82, 2.24) is 0 Å². The smallest absolute Gasteiger partial charge is 0.0665 e. The first kappa shape index (κ1) is 37.9. The molecular formula is C39H58N2Pd. The summed E-state index contributed by atoms with van der Waals surface area (Å²) < 4.78 is 0. The van der Waals surface area contributed by atoms with Gasteiger partial charge in [-0.05, 0) is 100 Å². The second-order valence-electron chi connectivity index (χ2n) is 11.2. The van der Waals surface area contributed by atoms with Gasteiger partial charge in [0, 0.05) is 20.4 Å². The Morgan fingerprint density at radius 1 is 0.500 bits per heavy atom. The van der Waals surface area contributed by atoms with Crippen molar-refractivity contribution in [2.75, 3.05) is 0 Å². The molecule has 2 rings (SSSR count). The average Bonchev–Trinajstić information content (AvgIpc) is 2.99. The zero-order valence-corrected chi connectivity index (χ0v) is 28.7. The molecule has 0 heterocycles. The minimum absolute atomic E-state index is 0. The van der Waals surface area contributed by atoms with Crippen molar-refractivity contribution in [3.63, 3.8) is 0 Å². The summed E-state index contributed by atoms with van der Waals surface area (Å²) in [6, 6.07) is 17.6. The van der Waals surface area contributed by atoms with Crippen LogP contribution >= 0.6 is 0 Å². The van der Waals surface area contributed by atoms with Gasteiger partial charge >= 0.3 is 0 Å². The molecule has 0 saturated carbocycles. The third-order valence-corrected chi connectivity index (χ3v) is 7.49. The van der Waals surface area contributed by atoms with Crippen molar-refractivity contribution in [1.29, 1.82) is 0 Å². The summed E-state index contributed by atoms with van der Waals surface area (Å²) in [7, 11) is 0. The van der Waals surface area contributed by atoms with Crippen LogP contribution in [0.5, 0.6) is 0 Å². The maximum absolute atomic E-state index is 5.40. The first-order valence-corrected chi connectivity index (χ1v) is 16.8. The molecule has 0 aliphatic carbocycles. The first-order valence-electron chi connectivity index (χ1n) is 16.8. The van der Waals surface area contributed by atoms with E-state index in [4.69, 9.17) is 9.98 Å². The fourth-order valence-corrected chi connectivity index (χ4v) is 4.99. The Bertz CT molecular complexity index is 1080. The second kappa shape index (κ2) is 25.4. The predicted molar refractivity (Wildman–Crippen MR) is 185 cm³/mol. The van der Waals surface area contributed by atoms with Gasteiger partial charge in [-0.15, -0.1) is 0 Å². The van der Waals surface area contributed by atoms with E-state index in [1.54, 1.807) is 0 Å². The Morgan fingerprint density at radius 2 is 0.929 bits per heavy atom. The minimum Gasteiger partial charge on any atom is -0.251 e. The Balaban J connectivity index is 0.00000882. The Labute approximate surface area is 273 Å². The van der Waals surface area contributed by atoms with Crippen molar-refractivity contribution in [3.05, 3.63) is 84.0 Å². The quantitative estimate of drug-likeness (QED) is 0.0519. The molecule has 0 aliphatic rings. The third kappa shape index (κ3) is 16.0. The van der Waals surface area contributed by atoms with Gasteiger partial charge in [0.25, 0.3) is 0 Å². The van der Waals surface area contributed by atoms with E-state index in [1.807, 2.05) is 0 Å². The molecule has 0 N–H and O–H groups in total. The number of allylic oxidation sites excluding steroid dienone is 4. The number of aliphatic imine (C=N–C) groups is 2. The van der Waals surface area contributed by atoms with Gasteiger partial charge in [-0.25, -0.2) is 0 Å². The Hall–Kier alpha value is -2.08. The number of para-hydroxylation sites is 2. The zero-order chi connectivity index (χ0) is 29.4. The van der Waals surface area contributed by atoms with Crippen LogP contribution < -0.4 is 0 Å². The van der Waals surface area contributed by atoms with Crippen molar-refractivity contribution in [2.45, 2.75) is 137 Å². The van der Waals surface area contributed by atoms with Crippen LogP contribution in [0.4, 0.5) is 11.4 Å². The van der Waals surface area contributed by atoms with E-state index in [-0.39, 0.29) is 20.4 Å². The number of unbranched alkanes of at least 4 members (excludes halogenated alkanes) is 7. The van der Waals surface area contributed by atoms with Crippen LogP contribution in [-0.4, -0.2) is 11.4 Å². The van der Waals surface area contributed by atoms with Gasteiger partial charge in [0.05, 0.1) is 22.8 Å². The molecule has 2 aromatic carbocycles. The summed E-state index contributed by atoms with van der Waals surface area (Å²) in [5, 5.41) is 0. The molecule has 234 valence electrons. The number of rotatable bonds is 22. The van der Waals surface area contributed by atoms with Crippen molar-refractivity contribution in [3.8, 4) is 0 Å². The normalized spacial score (nSPS) is 12.4. The van der Waals surface area contributed by atoms with E-state index in [0.29, 0.717) is 0 Å². The number of hydrogen-bond donors (Lipinski definition) is 0. The number of hydrogen-bond acceptors (Lipinski definition) is 2. The van der Waals surface area contributed by atoms with Crippen LogP contribution in [-0.2, 0) is 33.3 Å². The summed E-state index contributed by atoms with van der Waals surface area (Å²) in [5.74, 6) is 0. The topological polar surface area (TPSA) is 24.7 Å². The van der Waals surface area contributed by atoms with E-state index >= 15 is 0 Å². The van der Waals surface area contributed by atoms with Gasteiger partial charge in [-0.1, -0.05) is 121 Å². The van der Waals surface area contributed by atoms with E-state index in [2.05, 4.69) is 101 Å². The Kier molecular flexibility index (Phi) is 23.0. The molecule has 0 amide bonds. The van der Waals surface area contributed by atoms with Crippen LogP contribution in [0, 0.1) is 0 Å². The van der Waals surface area contributed by atoms with Gasteiger partial charge in [0.15, 0.2) is 0 Å². The molecule has 0 saturated heterocycles. The molecule has 2 aromatic rings.